The van der Waals surface area contributed by atoms with Gasteiger partial charge in [0, 0.05) is 0 Å². The molecule has 0 aliphatic heterocycles. The van der Waals surface area contributed by atoms with Crippen LogP contribution in [0.15, 0.2) is 106 Å². The van der Waals surface area contributed by atoms with Gasteiger partial charge in [0.15, 0.2) is 0 Å². The Morgan fingerprint density at radius 1 is 1.04 bits per heavy atom. The van der Waals surface area contributed by atoms with E-state index in [9.17, 15) is 0 Å². The average Bonchev–Trinajstić information content (AvgIpc) is 2.55. The Hall–Kier alpha value is -1.99. The lowest BCUT2D eigenvalue weighted by atomic mass is 10.3. The highest BCUT2D eigenvalue weighted by Crippen LogP contribution is 2.65. The molecular weight excluding hydrogens is 296 g/mol. The summed E-state index contributed by atoms with van der Waals surface area (Å²) in [6.45, 7) is 14.1. The zero-order valence-electron chi connectivity index (χ0n) is 14.8. The summed E-state index contributed by atoms with van der Waals surface area (Å²) in [6.07, 6.45) is 16.9. The van der Waals surface area contributed by atoms with Crippen molar-refractivity contribution in [3.8, 4) is 0 Å². The molecule has 1 aromatic rings. The third-order valence-corrected chi connectivity index (χ3v) is 7.68. The standard InChI is InChI=1S/C22H28S/c1-7-9-11-14-20(5)23(6,22-15-12-10-13-16-22)21(8-2)18-17-19(3)4/h7-18H,1,3H2,2,4-6H3. The van der Waals surface area contributed by atoms with E-state index in [1.165, 1.54) is 14.7 Å². The topological polar surface area (TPSA) is 0 Å². The first kappa shape index (κ1) is 19.1. The van der Waals surface area contributed by atoms with Crippen molar-refractivity contribution in [1.82, 2.24) is 0 Å². The largest absolute Gasteiger partial charge is 0.168 e. The van der Waals surface area contributed by atoms with Gasteiger partial charge in [-0.15, -0.1) is 0 Å². The quantitative estimate of drug-likeness (QED) is 0.467. The minimum Gasteiger partial charge on any atom is -0.168 e. The fraction of sp³-hybridized carbons (Fsp3) is 0.182. The summed E-state index contributed by atoms with van der Waals surface area (Å²) in [5, 5.41) is 0. The van der Waals surface area contributed by atoms with E-state index in [1.807, 2.05) is 13.0 Å². The van der Waals surface area contributed by atoms with Gasteiger partial charge in [-0.3, -0.25) is 0 Å². The first-order chi connectivity index (χ1) is 11.0. The molecular formula is C22H28S. The molecule has 0 aromatic heterocycles. The summed E-state index contributed by atoms with van der Waals surface area (Å²) >= 11 is 0. The van der Waals surface area contributed by atoms with Gasteiger partial charge < -0.3 is 0 Å². The highest BCUT2D eigenvalue weighted by Gasteiger charge is 2.25. The van der Waals surface area contributed by atoms with Crippen molar-refractivity contribution in [2.75, 3.05) is 6.26 Å². The van der Waals surface area contributed by atoms with Gasteiger partial charge in [0.05, 0.1) is 0 Å². The monoisotopic (exact) mass is 324 g/mol. The van der Waals surface area contributed by atoms with Crippen LogP contribution in [0.4, 0.5) is 0 Å². The highest BCUT2D eigenvalue weighted by molar-refractivity contribution is 8.39. The first-order valence-electron chi connectivity index (χ1n) is 7.76. The number of hydrogen-bond acceptors (Lipinski definition) is 0. The SMILES string of the molecule is C=CC=CC=C(C)S(C)(C(C=CC(=C)C)=CC)c1ccccc1. The van der Waals surface area contributed by atoms with Crippen LogP contribution in [-0.2, 0) is 0 Å². The zero-order valence-corrected chi connectivity index (χ0v) is 15.6. The zero-order chi connectivity index (χ0) is 17.3. The fourth-order valence-corrected chi connectivity index (χ4v) is 5.18. The van der Waals surface area contributed by atoms with E-state index in [4.69, 9.17) is 0 Å². The first-order valence-corrected chi connectivity index (χ1v) is 9.80. The number of benzene rings is 1. The molecule has 1 heteroatoms. The van der Waals surface area contributed by atoms with E-state index in [0.717, 1.165) is 5.57 Å². The molecule has 0 amide bonds. The predicted molar refractivity (Wildman–Crippen MR) is 109 cm³/mol. The lowest BCUT2D eigenvalue weighted by molar-refractivity contribution is 1.42. The van der Waals surface area contributed by atoms with Gasteiger partial charge in [-0.25, -0.2) is 0 Å². The Kier molecular flexibility index (Phi) is 7.64. The van der Waals surface area contributed by atoms with Crippen molar-refractivity contribution in [1.29, 1.82) is 0 Å². The second-order valence-corrected chi connectivity index (χ2v) is 8.92. The molecule has 0 heterocycles. The highest BCUT2D eigenvalue weighted by atomic mass is 32.3. The van der Waals surface area contributed by atoms with Crippen LogP contribution in [0.5, 0.6) is 0 Å². The lowest BCUT2D eigenvalue weighted by Gasteiger charge is -2.39. The summed E-state index contributed by atoms with van der Waals surface area (Å²) in [5.41, 5.74) is 1.06. The Balaban J connectivity index is 3.48. The molecule has 1 rings (SSSR count). The van der Waals surface area contributed by atoms with Crippen LogP contribution in [0.25, 0.3) is 0 Å². The molecule has 0 saturated carbocycles. The minimum absolute atomic E-state index is 1.06. The van der Waals surface area contributed by atoms with Gasteiger partial charge >= 0.3 is 0 Å². The van der Waals surface area contributed by atoms with Gasteiger partial charge in [0.2, 0.25) is 0 Å². The Labute approximate surface area is 143 Å². The van der Waals surface area contributed by atoms with E-state index in [1.54, 1.807) is 6.08 Å². The summed E-state index contributed by atoms with van der Waals surface area (Å²) in [7, 11) is -1.25. The lowest BCUT2D eigenvalue weighted by Crippen LogP contribution is -2.03. The summed E-state index contributed by atoms with van der Waals surface area (Å²) < 4.78 is 0. The van der Waals surface area contributed by atoms with Crippen LogP contribution in [0, 0.1) is 0 Å². The Bertz CT molecular complexity index is 656. The molecule has 0 nitrogen and oxygen atoms in total. The van der Waals surface area contributed by atoms with Crippen molar-refractivity contribution in [2.24, 2.45) is 0 Å². The van der Waals surface area contributed by atoms with Crippen LogP contribution >= 0.6 is 10.0 Å². The Morgan fingerprint density at radius 2 is 1.70 bits per heavy atom. The summed E-state index contributed by atoms with van der Waals surface area (Å²) in [6, 6.07) is 10.7. The van der Waals surface area contributed by atoms with Crippen molar-refractivity contribution >= 4 is 10.0 Å². The number of hydrogen-bond donors (Lipinski definition) is 0. The van der Waals surface area contributed by atoms with Crippen molar-refractivity contribution in [2.45, 2.75) is 25.7 Å². The molecule has 1 aromatic carbocycles. The van der Waals surface area contributed by atoms with Crippen LogP contribution in [0.1, 0.15) is 20.8 Å². The molecule has 122 valence electrons. The number of allylic oxidation sites excluding steroid dienone is 9. The molecule has 0 spiro atoms. The molecule has 1 unspecified atom stereocenters. The summed E-state index contributed by atoms with van der Waals surface area (Å²) in [5.74, 6) is 0. The second kappa shape index (κ2) is 9.22. The second-order valence-electron chi connectivity index (χ2n) is 5.50. The van der Waals surface area contributed by atoms with Gasteiger partial charge in [-0.1, -0.05) is 73.4 Å². The normalized spacial score (nSPS) is 17.2. The molecule has 1 atom stereocenters. The van der Waals surface area contributed by atoms with Crippen LogP contribution in [0.3, 0.4) is 0 Å². The van der Waals surface area contributed by atoms with Crippen molar-refractivity contribution in [3.63, 3.8) is 0 Å². The van der Waals surface area contributed by atoms with E-state index in [0.29, 0.717) is 0 Å². The van der Waals surface area contributed by atoms with E-state index in [-0.39, 0.29) is 0 Å². The maximum absolute atomic E-state index is 3.98. The molecule has 0 saturated heterocycles. The maximum atomic E-state index is 3.98. The van der Waals surface area contributed by atoms with Gasteiger partial charge in [0.1, 0.15) is 0 Å². The maximum Gasteiger partial charge on any atom is -0.00241 e. The van der Waals surface area contributed by atoms with Crippen LogP contribution in [-0.4, -0.2) is 6.26 Å². The smallest absolute Gasteiger partial charge is 0.00241 e. The van der Waals surface area contributed by atoms with Gasteiger partial charge in [0.25, 0.3) is 0 Å². The molecule has 0 fully saturated rings. The van der Waals surface area contributed by atoms with Crippen molar-refractivity contribution < 1.29 is 0 Å². The summed E-state index contributed by atoms with van der Waals surface area (Å²) in [4.78, 5) is 4.06. The molecule has 0 N–H and O–H groups in total. The van der Waals surface area contributed by atoms with Crippen LogP contribution in [0.2, 0.25) is 0 Å². The number of rotatable bonds is 7. The Morgan fingerprint density at radius 3 is 2.22 bits per heavy atom. The predicted octanol–water partition coefficient (Wildman–Crippen LogP) is 7.16. The van der Waals surface area contributed by atoms with Crippen molar-refractivity contribution in [3.05, 3.63) is 101 Å². The molecule has 0 radical (unpaired) electrons. The van der Waals surface area contributed by atoms with E-state index >= 15 is 0 Å². The molecule has 0 aliphatic rings. The third kappa shape index (κ3) is 5.01. The van der Waals surface area contributed by atoms with Gasteiger partial charge in [-0.05, 0) is 59.9 Å². The van der Waals surface area contributed by atoms with E-state index < -0.39 is 10.0 Å². The van der Waals surface area contributed by atoms with Gasteiger partial charge in [-0.2, -0.15) is 10.0 Å². The molecule has 0 bridgehead atoms. The third-order valence-electron chi connectivity index (χ3n) is 3.72. The minimum atomic E-state index is -1.25. The van der Waals surface area contributed by atoms with Crippen LogP contribution < -0.4 is 0 Å². The van der Waals surface area contributed by atoms with E-state index in [2.05, 4.69) is 94.0 Å². The molecule has 23 heavy (non-hydrogen) atoms. The fourth-order valence-electron chi connectivity index (χ4n) is 2.30. The average molecular weight is 325 g/mol. The molecule has 0 aliphatic carbocycles.